The first kappa shape index (κ1) is 22.2. The predicted octanol–water partition coefficient (Wildman–Crippen LogP) is 4.29. The van der Waals surface area contributed by atoms with Gasteiger partial charge in [0.05, 0.1) is 11.8 Å². The normalized spacial score (nSPS) is 18.4. The quantitative estimate of drug-likeness (QED) is 0.566. The van der Waals surface area contributed by atoms with E-state index in [1.165, 1.54) is 10.4 Å². The van der Waals surface area contributed by atoms with Gasteiger partial charge in [0.15, 0.2) is 0 Å². The molecule has 0 bridgehead atoms. The third-order valence-electron chi connectivity index (χ3n) is 6.17. The average Bonchev–Trinajstić information content (AvgIpc) is 3.35. The van der Waals surface area contributed by atoms with Crippen molar-refractivity contribution in [2.24, 2.45) is 5.41 Å². The van der Waals surface area contributed by atoms with Gasteiger partial charge in [0.25, 0.3) is 0 Å². The van der Waals surface area contributed by atoms with Crippen LogP contribution in [-0.2, 0) is 22.4 Å². The molecule has 3 heterocycles. The maximum absolute atomic E-state index is 13.4. The fraction of sp³-hybridized carbons (Fsp3) is 0.346. The van der Waals surface area contributed by atoms with Gasteiger partial charge in [0.2, 0.25) is 11.8 Å². The highest BCUT2D eigenvalue weighted by Gasteiger charge is 2.44. The minimum atomic E-state index is -0.600. The second-order valence-corrected chi connectivity index (χ2v) is 9.74. The highest BCUT2D eigenvalue weighted by molar-refractivity contribution is 7.13. The Balaban J connectivity index is 1.54. The molecule has 0 N–H and O–H groups in total. The van der Waals surface area contributed by atoms with Crippen LogP contribution in [-0.4, -0.2) is 53.8 Å². The number of nitrogens with zero attached hydrogens (tertiary/aromatic N) is 3. The smallest absolute Gasteiger partial charge is 0.230 e. The van der Waals surface area contributed by atoms with Crippen molar-refractivity contribution in [3.8, 4) is 10.4 Å². The Morgan fingerprint density at radius 3 is 2.56 bits per heavy atom. The Bertz CT molecular complexity index is 1050. The Morgan fingerprint density at radius 2 is 1.91 bits per heavy atom. The largest absolute Gasteiger partial charge is 0.348 e. The fourth-order valence-corrected chi connectivity index (χ4v) is 5.36. The topological polar surface area (TPSA) is 53.5 Å². The minimum absolute atomic E-state index is 0.0571. The minimum Gasteiger partial charge on any atom is -0.348 e. The van der Waals surface area contributed by atoms with Gasteiger partial charge in [-0.1, -0.05) is 36.4 Å². The molecule has 1 fully saturated rings. The van der Waals surface area contributed by atoms with Crippen molar-refractivity contribution in [3.05, 3.63) is 77.4 Å². The molecular formula is C26H29N3O2S. The highest BCUT2D eigenvalue weighted by atomic mass is 32.1. The number of likely N-dealkylation sites (tertiary alicyclic amines) is 1. The summed E-state index contributed by atoms with van der Waals surface area (Å²) in [6.45, 7) is 1.15. The monoisotopic (exact) mass is 447 g/mol. The summed E-state index contributed by atoms with van der Waals surface area (Å²) in [6.07, 6.45) is 5.99. The molecule has 0 aliphatic carbocycles. The summed E-state index contributed by atoms with van der Waals surface area (Å²) in [5.41, 5.74) is 2.61. The van der Waals surface area contributed by atoms with Crippen molar-refractivity contribution < 1.29 is 9.59 Å². The van der Waals surface area contributed by atoms with Crippen molar-refractivity contribution in [3.63, 3.8) is 0 Å². The third kappa shape index (κ3) is 4.91. The van der Waals surface area contributed by atoms with Crippen LogP contribution in [0.4, 0.5) is 0 Å². The van der Waals surface area contributed by atoms with Crippen molar-refractivity contribution >= 4 is 23.2 Å². The van der Waals surface area contributed by atoms with E-state index in [9.17, 15) is 9.59 Å². The molecule has 32 heavy (non-hydrogen) atoms. The number of piperidine rings is 1. The fourth-order valence-electron chi connectivity index (χ4n) is 4.62. The molecule has 0 saturated carbocycles. The number of thiophene rings is 1. The molecule has 1 unspecified atom stereocenters. The second-order valence-electron chi connectivity index (χ2n) is 8.79. The number of carbonyl (C=O) groups excluding carboxylic acids is 2. The van der Waals surface area contributed by atoms with Crippen LogP contribution in [0.15, 0.2) is 66.3 Å². The molecule has 3 aromatic rings. The molecule has 4 rings (SSSR count). The standard InChI is InChI=1S/C26H29N3O2S/c1-28(2)25(31)26(17-20-8-10-22(11-9-20)23-7-4-15-32-23)12-5-14-29(19-26)24(30)16-21-6-3-13-27-18-21/h3-4,6-11,13,15,18H,5,12,14,16-17,19H2,1-2H3. The van der Waals surface area contributed by atoms with Gasteiger partial charge in [0, 0.05) is 44.5 Å². The van der Waals surface area contributed by atoms with E-state index in [2.05, 4.69) is 46.8 Å². The lowest BCUT2D eigenvalue weighted by Gasteiger charge is -2.43. The Hall–Kier alpha value is -2.99. The molecular weight excluding hydrogens is 418 g/mol. The molecule has 5 nitrogen and oxygen atoms in total. The first-order valence-electron chi connectivity index (χ1n) is 11.0. The van der Waals surface area contributed by atoms with E-state index in [0.29, 0.717) is 25.9 Å². The van der Waals surface area contributed by atoms with Crippen LogP contribution < -0.4 is 0 Å². The molecule has 6 heteroatoms. The van der Waals surface area contributed by atoms with E-state index in [0.717, 1.165) is 24.0 Å². The summed E-state index contributed by atoms with van der Waals surface area (Å²) in [4.78, 5) is 35.3. The maximum atomic E-state index is 13.4. The molecule has 1 aromatic carbocycles. The summed E-state index contributed by atoms with van der Waals surface area (Å²) >= 11 is 1.72. The molecule has 0 radical (unpaired) electrons. The number of amides is 2. The maximum Gasteiger partial charge on any atom is 0.230 e. The molecule has 1 aliphatic heterocycles. The average molecular weight is 448 g/mol. The van der Waals surface area contributed by atoms with Crippen LogP contribution >= 0.6 is 11.3 Å². The number of benzene rings is 1. The lowest BCUT2D eigenvalue weighted by atomic mass is 9.73. The van der Waals surface area contributed by atoms with Crippen LogP contribution in [0.1, 0.15) is 24.0 Å². The van der Waals surface area contributed by atoms with Crippen molar-refractivity contribution in [1.82, 2.24) is 14.8 Å². The van der Waals surface area contributed by atoms with Gasteiger partial charge < -0.3 is 9.80 Å². The van der Waals surface area contributed by atoms with Gasteiger partial charge in [-0.25, -0.2) is 0 Å². The summed E-state index contributed by atoms with van der Waals surface area (Å²) < 4.78 is 0. The van der Waals surface area contributed by atoms with E-state index in [-0.39, 0.29) is 11.8 Å². The molecule has 1 saturated heterocycles. The Morgan fingerprint density at radius 1 is 1.09 bits per heavy atom. The van der Waals surface area contributed by atoms with Gasteiger partial charge >= 0.3 is 0 Å². The first-order chi connectivity index (χ1) is 15.5. The number of aromatic nitrogens is 1. The summed E-state index contributed by atoms with van der Waals surface area (Å²) in [5.74, 6) is 0.153. The lowest BCUT2D eigenvalue weighted by Crippen LogP contribution is -2.54. The molecule has 2 amide bonds. The number of hydrogen-bond donors (Lipinski definition) is 0. The Kier molecular flexibility index (Phi) is 6.70. The highest BCUT2D eigenvalue weighted by Crippen LogP contribution is 2.36. The van der Waals surface area contributed by atoms with E-state index in [1.807, 2.05) is 17.0 Å². The van der Waals surface area contributed by atoms with Crippen LogP contribution in [0.2, 0.25) is 0 Å². The third-order valence-corrected chi connectivity index (χ3v) is 7.09. The number of rotatable bonds is 6. The second kappa shape index (κ2) is 9.65. The summed E-state index contributed by atoms with van der Waals surface area (Å²) in [6, 6.07) is 16.4. The van der Waals surface area contributed by atoms with Crippen LogP contribution in [0, 0.1) is 5.41 Å². The lowest BCUT2D eigenvalue weighted by molar-refractivity contribution is -0.147. The molecule has 1 atom stereocenters. The van der Waals surface area contributed by atoms with E-state index in [1.54, 1.807) is 42.7 Å². The molecule has 0 spiro atoms. The number of hydrogen-bond acceptors (Lipinski definition) is 4. The Labute approximate surface area is 193 Å². The van der Waals surface area contributed by atoms with Crippen LogP contribution in [0.3, 0.4) is 0 Å². The summed E-state index contributed by atoms with van der Waals surface area (Å²) in [7, 11) is 3.61. The zero-order valence-electron chi connectivity index (χ0n) is 18.7. The molecule has 1 aliphatic rings. The molecule has 166 valence electrons. The van der Waals surface area contributed by atoms with Gasteiger partial charge in [-0.2, -0.15) is 0 Å². The van der Waals surface area contributed by atoms with Crippen molar-refractivity contribution in [2.75, 3.05) is 27.2 Å². The van der Waals surface area contributed by atoms with Gasteiger partial charge in [0.1, 0.15) is 0 Å². The van der Waals surface area contributed by atoms with E-state index in [4.69, 9.17) is 0 Å². The summed E-state index contributed by atoms with van der Waals surface area (Å²) in [5, 5.41) is 2.08. The number of pyridine rings is 1. The number of carbonyl (C=O) groups is 2. The zero-order valence-corrected chi connectivity index (χ0v) is 19.5. The van der Waals surface area contributed by atoms with E-state index >= 15 is 0 Å². The SMILES string of the molecule is CN(C)C(=O)C1(Cc2ccc(-c3cccs3)cc2)CCCN(C(=O)Cc2cccnc2)C1. The van der Waals surface area contributed by atoms with Gasteiger partial charge in [-0.15, -0.1) is 11.3 Å². The van der Waals surface area contributed by atoms with Crippen molar-refractivity contribution in [2.45, 2.75) is 25.7 Å². The van der Waals surface area contributed by atoms with E-state index < -0.39 is 5.41 Å². The van der Waals surface area contributed by atoms with Gasteiger partial charge in [-0.05, 0) is 53.5 Å². The van der Waals surface area contributed by atoms with Crippen LogP contribution in [0.25, 0.3) is 10.4 Å². The van der Waals surface area contributed by atoms with Crippen molar-refractivity contribution in [1.29, 1.82) is 0 Å². The zero-order chi connectivity index (χ0) is 22.6. The molecule has 2 aromatic heterocycles. The van der Waals surface area contributed by atoms with Crippen LogP contribution in [0.5, 0.6) is 0 Å². The predicted molar refractivity (Wildman–Crippen MR) is 128 cm³/mol. The first-order valence-corrected chi connectivity index (χ1v) is 11.9. The van der Waals surface area contributed by atoms with Gasteiger partial charge in [-0.3, -0.25) is 14.6 Å².